The Labute approximate surface area is 113 Å². The van der Waals surface area contributed by atoms with E-state index in [-0.39, 0.29) is 5.91 Å². The van der Waals surface area contributed by atoms with Gasteiger partial charge in [-0.05, 0) is 34.0 Å². The SMILES string of the molecule is COCC1=CCN(C(=O)c2csc(Br)c2)CC1. The lowest BCUT2D eigenvalue weighted by molar-refractivity contribution is 0.0765. The van der Waals surface area contributed by atoms with E-state index in [0.717, 1.165) is 22.3 Å². The lowest BCUT2D eigenvalue weighted by atomic mass is 10.1. The van der Waals surface area contributed by atoms with Gasteiger partial charge in [-0.25, -0.2) is 0 Å². The minimum Gasteiger partial charge on any atom is -0.380 e. The summed E-state index contributed by atoms with van der Waals surface area (Å²) in [5.41, 5.74) is 2.05. The number of amides is 1. The lowest BCUT2D eigenvalue weighted by Gasteiger charge is -2.26. The summed E-state index contributed by atoms with van der Waals surface area (Å²) in [5.74, 6) is 0.111. The van der Waals surface area contributed by atoms with Gasteiger partial charge in [0.25, 0.3) is 5.91 Å². The summed E-state index contributed by atoms with van der Waals surface area (Å²) >= 11 is 4.91. The quantitative estimate of drug-likeness (QED) is 0.803. The van der Waals surface area contributed by atoms with E-state index in [1.165, 1.54) is 16.9 Å². The maximum atomic E-state index is 12.1. The zero-order chi connectivity index (χ0) is 12.3. The van der Waals surface area contributed by atoms with E-state index in [4.69, 9.17) is 4.74 Å². The summed E-state index contributed by atoms with van der Waals surface area (Å²) in [6, 6.07) is 1.88. The van der Waals surface area contributed by atoms with Gasteiger partial charge in [-0.1, -0.05) is 6.08 Å². The molecule has 0 atom stereocenters. The molecule has 92 valence electrons. The highest BCUT2D eigenvalue weighted by molar-refractivity contribution is 9.11. The lowest BCUT2D eigenvalue weighted by Crippen LogP contribution is -2.35. The molecule has 0 unspecified atom stereocenters. The number of carbonyl (C=O) groups is 1. The van der Waals surface area contributed by atoms with Crippen LogP contribution in [0.1, 0.15) is 16.8 Å². The second-order valence-corrected chi connectivity index (χ2v) is 6.23. The summed E-state index contributed by atoms with van der Waals surface area (Å²) in [5, 5.41) is 1.89. The van der Waals surface area contributed by atoms with Gasteiger partial charge in [-0.2, -0.15) is 0 Å². The van der Waals surface area contributed by atoms with Crippen molar-refractivity contribution >= 4 is 33.2 Å². The maximum absolute atomic E-state index is 12.1. The number of methoxy groups -OCH3 is 1. The number of nitrogens with zero attached hydrogens (tertiary/aromatic N) is 1. The van der Waals surface area contributed by atoms with E-state index < -0.39 is 0 Å². The summed E-state index contributed by atoms with van der Waals surface area (Å²) in [6.45, 7) is 2.14. The molecule has 0 spiro atoms. The molecule has 0 aliphatic carbocycles. The van der Waals surface area contributed by atoms with Crippen molar-refractivity contribution in [3.63, 3.8) is 0 Å². The number of rotatable bonds is 3. The molecule has 0 saturated heterocycles. The molecule has 1 amide bonds. The van der Waals surface area contributed by atoms with Crippen LogP contribution in [0.5, 0.6) is 0 Å². The molecule has 0 saturated carbocycles. The highest BCUT2D eigenvalue weighted by atomic mass is 79.9. The first-order valence-corrected chi connectivity index (χ1v) is 7.08. The molecule has 1 aromatic rings. The Balaban J connectivity index is 1.99. The van der Waals surface area contributed by atoms with E-state index in [9.17, 15) is 4.79 Å². The molecule has 0 aromatic carbocycles. The van der Waals surface area contributed by atoms with E-state index >= 15 is 0 Å². The van der Waals surface area contributed by atoms with E-state index in [0.29, 0.717) is 13.2 Å². The monoisotopic (exact) mass is 315 g/mol. The minimum atomic E-state index is 0.111. The molecule has 0 fully saturated rings. The fourth-order valence-corrected chi connectivity index (χ4v) is 2.95. The van der Waals surface area contributed by atoms with Crippen LogP contribution in [0.2, 0.25) is 0 Å². The van der Waals surface area contributed by atoms with Gasteiger partial charge < -0.3 is 9.64 Å². The third-order valence-electron chi connectivity index (χ3n) is 2.73. The third kappa shape index (κ3) is 3.18. The van der Waals surface area contributed by atoms with E-state index in [1.807, 2.05) is 16.3 Å². The fourth-order valence-electron chi connectivity index (χ4n) is 1.82. The predicted molar refractivity (Wildman–Crippen MR) is 72.5 cm³/mol. The second-order valence-electron chi connectivity index (χ2n) is 3.94. The van der Waals surface area contributed by atoms with Gasteiger partial charge in [-0.15, -0.1) is 11.3 Å². The van der Waals surface area contributed by atoms with Gasteiger partial charge in [0.15, 0.2) is 0 Å². The third-order valence-corrected chi connectivity index (χ3v) is 4.24. The standard InChI is InChI=1S/C12H14BrNO2S/c1-16-7-9-2-4-14(5-3-9)12(15)10-6-11(13)17-8-10/h2,6,8H,3-5,7H2,1H3. The average Bonchev–Trinajstić information content (AvgIpc) is 2.76. The largest absolute Gasteiger partial charge is 0.380 e. The second kappa shape index (κ2) is 5.80. The Morgan fingerprint density at radius 1 is 1.65 bits per heavy atom. The summed E-state index contributed by atoms with van der Waals surface area (Å²) in [7, 11) is 1.70. The summed E-state index contributed by atoms with van der Waals surface area (Å²) in [6.07, 6.45) is 3.00. The smallest absolute Gasteiger partial charge is 0.255 e. The Kier molecular flexibility index (Phi) is 4.36. The molecular formula is C12H14BrNO2S. The van der Waals surface area contributed by atoms with Crippen LogP contribution >= 0.6 is 27.3 Å². The van der Waals surface area contributed by atoms with Crippen molar-refractivity contribution in [2.45, 2.75) is 6.42 Å². The van der Waals surface area contributed by atoms with Crippen molar-refractivity contribution in [3.05, 3.63) is 32.4 Å². The highest BCUT2D eigenvalue weighted by Gasteiger charge is 2.19. The average molecular weight is 316 g/mol. The predicted octanol–water partition coefficient (Wildman–Crippen LogP) is 2.93. The number of carbonyl (C=O) groups excluding carboxylic acids is 1. The van der Waals surface area contributed by atoms with Crippen molar-refractivity contribution in [1.82, 2.24) is 4.90 Å². The minimum absolute atomic E-state index is 0.111. The highest BCUT2D eigenvalue weighted by Crippen LogP contribution is 2.22. The van der Waals surface area contributed by atoms with Gasteiger partial charge in [0.05, 0.1) is 16.0 Å². The van der Waals surface area contributed by atoms with Gasteiger partial charge in [0.2, 0.25) is 0 Å². The molecule has 0 bridgehead atoms. The van der Waals surface area contributed by atoms with Gasteiger partial charge in [0, 0.05) is 25.6 Å². The molecule has 17 heavy (non-hydrogen) atoms. The molecule has 5 heteroatoms. The Morgan fingerprint density at radius 2 is 2.47 bits per heavy atom. The molecular weight excluding hydrogens is 302 g/mol. The van der Waals surface area contributed by atoms with Crippen LogP contribution < -0.4 is 0 Å². The fraction of sp³-hybridized carbons (Fsp3) is 0.417. The number of halogens is 1. The van der Waals surface area contributed by atoms with Crippen LogP contribution in [0.15, 0.2) is 26.9 Å². The Bertz CT molecular complexity index is 441. The molecule has 2 heterocycles. The Morgan fingerprint density at radius 3 is 3.00 bits per heavy atom. The van der Waals surface area contributed by atoms with Crippen molar-refractivity contribution in [3.8, 4) is 0 Å². The molecule has 1 aliphatic rings. The molecule has 1 aliphatic heterocycles. The van der Waals surface area contributed by atoms with Gasteiger partial charge in [-0.3, -0.25) is 4.79 Å². The summed E-state index contributed by atoms with van der Waals surface area (Å²) in [4.78, 5) is 14.0. The normalized spacial score (nSPS) is 15.9. The van der Waals surface area contributed by atoms with Crippen molar-refractivity contribution in [2.75, 3.05) is 26.8 Å². The number of ether oxygens (including phenoxy) is 1. The van der Waals surface area contributed by atoms with Crippen LogP contribution in [-0.4, -0.2) is 37.6 Å². The zero-order valence-corrected chi connectivity index (χ0v) is 12.0. The van der Waals surface area contributed by atoms with Crippen LogP contribution in [-0.2, 0) is 4.74 Å². The summed E-state index contributed by atoms with van der Waals surface area (Å²) < 4.78 is 6.08. The molecule has 0 N–H and O–H groups in total. The van der Waals surface area contributed by atoms with Crippen molar-refractivity contribution in [1.29, 1.82) is 0 Å². The number of thiophene rings is 1. The zero-order valence-electron chi connectivity index (χ0n) is 9.61. The van der Waals surface area contributed by atoms with Crippen molar-refractivity contribution in [2.24, 2.45) is 0 Å². The van der Waals surface area contributed by atoms with Crippen LogP contribution in [0.25, 0.3) is 0 Å². The van der Waals surface area contributed by atoms with Crippen LogP contribution in [0.3, 0.4) is 0 Å². The van der Waals surface area contributed by atoms with Crippen molar-refractivity contribution < 1.29 is 9.53 Å². The van der Waals surface area contributed by atoms with Gasteiger partial charge in [0.1, 0.15) is 0 Å². The first-order valence-electron chi connectivity index (χ1n) is 5.41. The number of hydrogen-bond acceptors (Lipinski definition) is 3. The molecule has 2 rings (SSSR count). The first kappa shape index (κ1) is 12.8. The number of hydrogen-bond donors (Lipinski definition) is 0. The first-order chi connectivity index (χ1) is 8.20. The van der Waals surface area contributed by atoms with Crippen LogP contribution in [0.4, 0.5) is 0 Å². The Hall–Kier alpha value is -0.650. The topological polar surface area (TPSA) is 29.5 Å². The van der Waals surface area contributed by atoms with Crippen LogP contribution in [0, 0.1) is 0 Å². The van der Waals surface area contributed by atoms with E-state index in [1.54, 1.807) is 7.11 Å². The molecule has 1 aromatic heterocycles. The molecule has 0 radical (unpaired) electrons. The maximum Gasteiger partial charge on any atom is 0.255 e. The van der Waals surface area contributed by atoms with Gasteiger partial charge >= 0.3 is 0 Å². The molecule has 3 nitrogen and oxygen atoms in total. The van der Waals surface area contributed by atoms with E-state index in [2.05, 4.69) is 22.0 Å².